The largest absolute Gasteiger partial charge is 0.480 e. The van der Waals surface area contributed by atoms with Crippen molar-refractivity contribution in [2.45, 2.75) is 31.9 Å². The van der Waals surface area contributed by atoms with Gasteiger partial charge in [0.25, 0.3) is 0 Å². The number of rotatable bonds is 5. The Bertz CT molecular complexity index is 452. The van der Waals surface area contributed by atoms with Crippen LogP contribution in [-0.2, 0) is 4.79 Å². The Morgan fingerprint density at radius 3 is 3.11 bits per heavy atom. The maximum atomic E-state index is 11.2. The van der Waals surface area contributed by atoms with Crippen LogP contribution in [0.2, 0.25) is 0 Å². The average molecular weight is 266 g/mol. The molecule has 1 unspecified atom stereocenters. The monoisotopic (exact) mass is 266 g/mol. The molecule has 0 radical (unpaired) electrons. The SMILES string of the molecule is CC(O)CNc1cc(N2CCC[C@@H]2C(=O)O)ncn1. The Kier molecular flexibility index (Phi) is 4.16. The summed E-state index contributed by atoms with van der Waals surface area (Å²) in [6.07, 6.45) is 2.40. The third-order valence-corrected chi connectivity index (χ3v) is 3.06. The highest BCUT2D eigenvalue weighted by Gasteiger charge is 2.31. The molecule has 0 aliphatic carbocycles. The molecule has 2 rings (SSSR count). The predicted octanol–water partition coefficient (Wildman–Crippen LogP) is 0.323. The topological polar surface area (TPSA) is 98.6 Å². The Hall–Kier alpha value is -1.89. The minimum absolute atomic E-state index is 0.388. The second-order valence-corrected chi connectivity index (χ2v) is 4.68. The van der Waals surface area contributed by atoms with Gasteiger partial charge in [0.1, 0.15) is 24.0 Å². The fourth-order valence-corrected chi connectivity index (χ4v) is 2.15. The lowest BCUT2D eigenvalue weighted by atomic mass is 10.2. The van der Waals surface area contributed by atoms with Gasteiger partial charge in [0.05, 0.1) is 6.10 Å². The zero-order valence-electron chi connectivity index (χ0n) is 10.8. The molecule has 19 heavy (non-hydrogen) atoms. The highest BCUT2D eigenvalue weighted by Crippen LogP contribution is 2.24. The van der Waals surface area contributed by atoms with Crippen molar-refractivity contribution >= 4 is 17.6 Å². The molecule has 1 aliphatic rings. The second-order valence-electron chi connectivity index (χ2n) is 4.68. The predicted molar refractivity (Wildman–Crippen MR) is 70.2 cm³/mol. The summed E-state index contributed by atoms with van der Waals surface area (Å²) in [5.41, 5.74) is 0. The van der Waals surface area contributed by atoms with E-state index in [-0.39, 0.29) is 0 Å². The van der Waals surface area contributed by atoms with Crippen molar-refractivity contribution in [3.63, 3.8) is 0 Å². The van der Waals surface area contributed by atoms with Crippen LogP contribution in [0.15, 0.2) is 12.4 Å². The molecule has 0 saturated carbocycles. The van der Waals surface area contributed by atoms with Gasteiger partial charge in [0.15, 0.2) is 0 Å². The zero-order chi connectivity index (χ0) is 13.8. The smallest absolute Gasteiger partial charge is 0.326 e. The molecule has 2 atom stereocenters. The third kappa shape index (κ3) is 3.31. The second kappa shape index (κ2) is 5.83. The minimum atomic E-state index is -0.824. The first kappa shape index (κ1) is 13.5. The molecular weight excluding hydrogens is 248 g/mol. The number of aliphatic hydroxyl groups excluding tert-OH is 1. The van der Waals surface area contributed by atoms with E-state index in [0.717, 1.165) is 6.42 Å². The first-order valence-corrected chi connectivity index (χ1v) is 6.31. The maximum Gasteiger partial charge on any atom is 0.326 e. The van der Waals surface area contributed by atoms with Crippen molar-refractivity contribution in [1.82, 2.24) is 9.97 Å². The molecule has 0 aromatic carbocycles. The van der Waals surface area contributed by atoms with Crippen LogP contribution in [0.25, 0.3) is 0 Å². The minimum Gasteiger partial charge on any atom is -0.480 e. The van der Waals surface area contributed by atoms with E-state index in [0.29, 0.717) is 31.1 Å². The summed E-state index contributed by atoms with van der Waals surface area (Å²) in [7, 11) is 0. The van der Waals surface area contributed by atoms with Crippen LogP contribution >= 0.6 is 0 Å². The molecule has 2 heterocycles. The molecule has 7 heteroatoms. The van der Waals surface area contributed by atoms with E-state index in [2.05, 4.69) is 15.3 Å². The van der Waals surface area contributed by atoms with Crippen molar-refractivity contribution < 1.29 is 15.0 Å². The summed E-state index contributed by atoms with van der Waals surface area (Å²) in [6.45, 7) is 2.75. The van der Waals surface area contributed by atoms with Gasteiger partial charge in [-0.05, 0) is 19.8 Å². The molecule has 1 saturated heterocycles. The van der Waals surface area contributed by atoms with Crippen LogP contribution in [0, 0.1) is 0 Å². The normalized spacial score (nSPS) is 20.3. The molecule has 1 fully saturated rings. The fourth-order valence-electron chi connectivity index (χ4n) is 2.15. The number of hydrogen-bond donors (Lipinski definition) is 3. The third-order valence-electron chi connectivity index (χ3n) is 3.06. The Morgan fingerprint density at radius 2 is 2.42 bits per heavy atom. The lowest BCUT2D eigenvalue weighted by Crippen LogP contribution is -2.36. The fraction of sp³-hybridized carbons (Fsp3) is 0.583. The van der Waals surface area contributed by atoms with Crippen LogP contribution < -0.4 is 10.2 Å². The van der Waals surface area contributed by atoms with Gasteiger partial charge in [-0.25, -0.2) is 14.8 Å². The molecule has 0 amide bonds. The summed E-state index contributed by atoms with van der Waals surface area (Å²) in [6, 6.07) is 1.20. The molecule has 104 valence electrons. The van der Waals surface area contributed by atoms with Crippen molar-refractivity contribution in [2.75, 3.05) is 23.3 Å². The molecule has 3 N–H and O–H groups in total. The summed E-state index contributed by atoms with van der Waals surface area (Å²) in [5, 5.41) is 21.3. The van der Waals surface area contributed by atoms with Gasteiger partial charge in [0, 0.05) is 19.2 Å². The zero-order valence-corrected chi connectivity index (χ0v) is 10.8. The van der Waals surface area contributed by atoms with E-state index in [1.807, 2.05) is 0 Å². The van der Waals surface area contributed by atoms with Crippen LogP contribution in [-0.4, -0.2) is 51.4 Å². The van der Waals surface area contributed by atoms with Gasteiger partial charge in [0.2, 0.25) is 0 Å². The number of hydrogen-bond acceptors (Lipinski definition) is 6. The Morgan fingerprint density at radius 1 is 1.63 bits per heavy atom. The molecule has 0 bridgehead atoms. The van der Waals surface area contributed by atoms with Crippen LogP contribution in [0.1, 0.15) is 19.8 Å². The lowest BCUT2D eigenvalue weighted by Gasteiger charge is -2.22. The van der Waals surface area contributed by atoms with E-state index < -0.39 is 18.1 Å². The number of carbonyl (C=O) groups is 1. The highest BCUT2D eigenvalue weighted by atomic mass is 16.4. The number of nitrogens with zero attached hydrogens (tertiary/aromatic N) is 3. The number of nitrogens with one attached hydrogen (secondary N) is 1. The number of carboxylic acid groups (broad SMARTS) is 1. The first-order valence-electron chi connectivity index (χ1n) is 6.31. The summed E-state index contributed by atoms with van der Waals surface area (Å²) < 4.78 is 0. The first-order chi connectivity index (χ1) is 9.08. The van der Waals surface area contributed by atoms with Gasteiger partial charge >= 0.3 is 5.97 Å². The number of anilines is 2. The molecule has 1 aromatic heterocycles. The number of aliphatic hydroxyl groups is 1. The van der Waals surface area contributed by atoms with Gasteiger partial charge in [-0.3, -0.25) is 0 Å². The highest BCUT2D eigenvalue weighted by molar-refractivity contribution is 5.78. The number of carboxylic acids is 1. The van der Waals surface area contributed by atoms with Crippen LogP contribution in [0.3, 0.4) is 0 Å². The number of aromatic nitrogens is 2. The van der Waals surface area contributed by atoms with E-state index in [1.54, 1.807) is 17.9 Å². The quantitative estimate of drug-likeness (QED) is 0.706. The van der Waals surface area contributed by atoms with Gasteiger partial charge in [-0.2, -0.15) is 0 Å². The summed E-state index contributed by atoms with van der Waals surface area (Å²) >= 11 is 0. The van der Waals surface area contributed by atoms with Crippen LogP contribution in [0.5, 0.6) is 0 Å². The van der Waals surface area contributed by atoms with Crippen molar-refractivity contribution in [2.24, 2.45) is 0 Å². The van der Waals surface area contributed by atoms with E-state index in [1.165, 1.54) is 6.33 Å². The van der Waals surface area contributed by atoms with Gasteiger partial charge in [-0.15, -0.1) is 0 Å². The molecular formula is C12H18N4O3. The lowest BCUT2D eigenvalue weighted by molar-refractivity contribution is -0.138. The van der Waals surface area contributed by atoms with Gasteiger partial charge < -0.3 is 20.4 Å². The standard InChI is InChI=1S/C12H18N4O3/c1-8(17)6-13-10-5-11(15-7-14-10)16-4-2-3-9(16)12(18)19/h5,7-9,17H,2-4,6H2,1H3,(H,18,19)(H,13,14,15)/t8?,9-/m1/s1. The summed E-state index contributed by atoms with van der Waals surface area (Å²) in [5.74, 6) is 0.365. The maximum absolute atomic E-state index is 11.2. The Balaban J connectivity index is 2.11. The molecule has 1 aromatic rings. The van der Waals surface area contributed by atoms with Crippen LogP contribution in [0.4, 0.5) is 11.6 Å². The van der Waals surface area contributed by atoms with E-state index in [4.69, 9.17) is 5.11 Å². The van der Waals surface area contributed by atoms with Crippen molar-refractivity contribution in [1.29, 1.82) is 0 Å². The number of aliphatic carboxylic acids is 1. The average Bonchev–Trinajstić information content (AvgIpc) is 2.86. The molecule has 1 aliphatic heterocycles. The van der Waals surface area contributed by atoms with E-state index in [9.17, 15) is 9.90 Å². The molecule has 0 spiro atoms. The van der Waals surface area contributed by atoms with Crippen molar-refractivity contribution in [3.05, 3.63) is 12.4 Å². The van der Waals surface area contributed by atoms with Crippen molar-refractivity contribution in [3.8, 4) is 0 Å². The van der Waals surface area contributed by atoms with Gasteiger partial charge in [-0.1, -0.05) is 0 Å². The van der Waals surface area contributed by atoms with E-state index >= 15 is 0 Å². The molecule has 7 nitrogen and oxygen atoms in total. The summed E-state index contributed by atoms with van der Waals surface area (Å²) in [4.78, 5) is 21.1. The Labute approximate surface area is 111 Å².